The van der Waals surface area contributed by atoms with Crippen molar-refractivity contribution in [2.75, 3.05) is 77.6 Å². The fraction of sp³-hybridized carbons (Fsp3) is 0.500. The molecule has 3 aromatic carbocycles. The van der Waals surface area contributed by atoms with Crippen LogP contribution in [0.2, 0.25) is 0 Å². The van der Waals surface area contributed by atoms with E-state index in [1.165, 1.54) is 17.5 Å². The van der Waals surface area contributed by atoms with Gasteiger partial charge in [0.25, 0.3) is 11.8 Å². The fourth-order valence-corrected chi connectivity index (χ4v) is 9.49. The van der Waals surface area contributed by atoms with E-state index in [-0.39, 0.29) is 41.7 Å². The van der Waals surface area contributed by atoms with Crippen molar-refractivity contribution < 1.29 is 33.7 Å². The van der Waals surface area contributed by atoms with Gasteiger partial charge in [0.1, 0.15) is 11.4 Å². The molecular formula is C48H60N6O7. The normalized spacial score (nSPS) is 18.1. The van der Waals surface area contributed by atoms with E-state index in [9.17, 15) is 19.5 Å². The molecule has 1 spiro atoms. The number of fused-ring (bicyclic) bond motifs is 2. The number of amides is 3. The highest BCUT2D eigenvalue weighted by atomic mass is 16.5. The molecule has 8 rings (SSSR count). The number of phenolic OH excluding ortho intramolecular Hbond substituents is 1. The van der Waals surface area contributed by atoms with E-state index in [0.29, 0.717) is 82.4 Å². The third kappa shape index (κ3) is 10.7. The number of carbonyl (C=O) groups excluding carboxylic acids is 3. The maximum atomic E-state index is 13.7. The van der Waals surface area contributed by atoms with Crippen LogP contribution >= 0.6 is 0 Å². The monoisotopic (exact) mass is 832 g/mol. The molecule has 0 bridgehead atoms. The van der Waals surface area contributed by atoms with E-state index in [0.717, 1.165) is 81.0 Å². The first-order chi connectivity index (χ1) is 29.8. The topological polar surface area (TPSA) is 146 Å². The third-order valence-electron chi connectivity index (χ3n) is 12.8. The van der Waals surface area contributed by atoms with Crippen LogP contribution in [-0.2, 0) is 38.4 Å². The summed E-state index contributed by atoms with van der Waals surface area (Å²) in [6.45, 7) is 7.30. The molecule has 4 aliphatic rings. The molecule has 4 aromatic rings. The van der Waals surface area contributed by atoms with E-state index in [1.807, 2.05) is 41.3 Å². The molecule has 0 unspecified atom stereocenters. The molecule has 1 saturated carbocycles. The van der Waals surface area contributed by atoms with Crippen molar-refractivity contribution in [3.8, 4) is 11.5 Å². The number of hydrogen-bond donors (Lipinski definition) is 3. The lowest BCUT2D eigenvalue weighted by Gasteiger charge is -2.47. The van der Waals surface area contributed by atoms with Gasteiger partial charge >= 0.3 is 0 Å². The van der Waals surface area contributed by atoms with Gasteiger partial charge in [-0.15, -0.1) is 0 Å². The number of aromatic nitrogens is 1. The Hall–Kier alpha value is -5.08. The smallest absolute Gasteiger partial charge is 0.262 e. The van der Waals surface area contributed by atoms with Crippen LogP contribution in [0.1, 0.15) is 78.4 Å². The van der Waals surface area contributed by atoms with E-state index in [4.69, 9.17) is 14.2 Å². The summed E-state index contributed by atoms with van der Waals surface area (Å²) in [5, 5.41) is 17.3. The van der Waals surface area contributed by atoms with E-state index >= 15 is 0 Å². The molecule has 1 aliphatic carbocycles. The maximum absolute atomic E-state index is 13.7. The Labute approximate surface area is 358 Å². The molecule has 2 saturated heterocycles. The van der Waals surface area contributed by atoms with Crippen LogP contribution in [0.15, 0.2) is 72.9 Å². The molecule has 13 nitrogen and oxygen atoms in total. The fourth-order valence-electron chi connectivity index (χ4n) is 9.49. The molecule has 4 heterocycles. The Morgan fingerprint density at radius 3 is 2.64 bits per heavy atom. The summed E-state index contributed by atoms with van der Waals surface area (Å²) >= 11 is 0. The number of nitrogens with one attached hydrogen (secondary N) is 2. The van der Waals surface area contributed by atoms with Gasteiger partial charge in [0.2, 0.25) is 5.91 Å². The third-order valence-corrected chi connectivity index (χ3v) is 12.8. The second-order valence-corrected chi connectivity index (χ2v) is 17.0. The Morgan fingerprint density at radius 1 is 0.951 bits per heavy atom. The van der Waals surface area contributed by atoms with Gasteiger partial charge in [-0.05, 0) is 80.0 Å². The molecule has 0 radical (unpaired) electrons. The summed E-state index contributed by atoms with van der Waals surface area (Å²) in [6.07, 6.45) is 10.9. The van der Waals surface area contributed by atoms with Gasteiger partial charge < -0.3 is 39.8 Å². The zero-order valence-corrected chi connectivity index (χ0v) is 35.2. The van der Waals surface area contributed by atoms with E-state index in [2.05, 4.69) is 49.7 Å². The summed E-state index contributed by atoms with van der Waals surface area (Å²) in [7, 11) is 0. The van der Waals surface area contributed by atoms with Crippen molar-refractivity contribution in [2.45, 2.75) is 82.4 Å². The number of hydrogen-bond acceptors (Lipinski definition) is 10. The van der Waals surface area contributed by atoms with Gasteiger partial charge in [0, 0.05) is 56.9 Å². The number of likely N-dealkylation sites (tertiary alicyclic amines) is 1. The van der Waals surface area contributed by atoms with Gasteiger partial charge in [-0.1, -0.05) is 67.8 Å². The predicted molar refractivity (Wildman–Crippen MR) is 234 cm³/mol. The largest absolute Gasteiger partial charge is 0.506 e. The van der Waals surface area contributed by atoms with Crippen LogP contribution in [0.5, 0.6) is 11.5 Å². The number of benzene rings is 3. The Bertz CT molecular complexity index is 2140. The number of morpholine rings is 1. The summed E-state index contributed by atoms with van der Waals surface area (Å²) in [6, 6.07) is 22.1. The van der Waals surface area contributed by atoms with Crippen LogP contribution in [-0.4, -0.2) is 126 Å². The van der Waals surface area contributed by atoms with E-state index < -0.39 is 0 Å². The lowest BCUT2D eigenvalue weighted by Crippen LogP contribution is -2.57. The highest BCUT2D eigenvalue weighted by Gasteiger charge is 2.41. The molecule has 1 aromatic heterocycles. The molecule has 3 N–H and O–H groups in total. The summed E-state index contributed by atoms with van der Waals surface area (Å²) < 4.78 is 18.1. The zero-order valence-electron chi connectivity index (χ0n) is 35.2. The van der Waals surface area contributed by atoms with Crippen LogP contribution in [0.3, 0.4) is 0 Å². The van der Waals surface area contributed by atoms with Crippen molar-refractivity contribution >= 4 is 34.3 Å². The number of rotatable bonds is 16. The quantitative estimate of drug-likeness (QED) is 0.0947. The molecule has 61 heavy (non-hydrogen) atoms. The van der Waals surface area contributed by atoms with Crippen LogP contribution in [0, 0.1) is 0 Å². The summed E-state index contributed by atoms with van der Waals surface area (Å²) in [5.74, 6) is 0.414. The number of phenols is 1. The first kappa shape index (κ1) is 42.6. The van der Waals surface area contributed by atoms with Crippen molar-refractivity contribution in [1.82, 2.24) is 25.0 Å². The second-order valence-electron chi connectivity index (χ2n) is 17.0. The van der Waals surface area contributed by atoms with Crippen molar-refractivity contribution in [2.24, 2.45) is 0 Å². The molecule has 3 aliphatic heterocycles. The van der Waals surface area contributed by atoms with E-state index in [1.54, 1.807) is 12.3 Å². The lowest BCUT2D eigenvalue weighted by molar-refractivity contribution is -0.135. The first-order valence-corrected chi connectivity index (χ1v) is 22.3. The van der Waals surface area contributed by atoms with Gasteiger partial charge in [-0.25, -0.2) is 0 Å². The molecule has 0 atom stereocenters. The van der Waals surface area contributed by atoms with Crippen molar-refractivity contribution in [1.29, 1.82) is 0 Å². The minimum Gasteiger partial charge on any atom is -0.506 e. The molecule has 3 fully saturated rings. The number of nitrogens with zero attached hydrogens (tertiary/aromatic N) is 4. The van der Waals surface area contributed by atoms with Gasteiger partial charge in [0.15, 0.2) is 12.4 Å². The number of anilines is 1. The predicted octanol–water partition coefficient (Wildman–Crippen LogP) is 5.72. The summed E-state index contributed by atoms with van der Waals surface area (Å²) in [5.41, 5.74) is 4.83. The highest BCUT2D eigenvalue weighted by molar-refractivity contribution is 6.05. The lowest BCUT2D eigenvalue weighted by atomic mass is 9.88. The molecule has 324 valence electrons. The van der Waals surface area contributed by atoms with Crippen LogP contribution < -0.4 is 15.4 Å². The Kier molecular flexibility index (Phi) is 14.1. The van der Waals surface area contributed by atoms with Gasteiger partial charge in [-0.3, -0.25) is 24.3 Å². The number of piperidine rings is 1. The van der Waals surface area contributed by atoms with Crippen LogP contribution in [0.4, 0.5) is 5.69 Å². The number of carbonyl (C=O) groups is 3. The Morgan fingerprint density at radius 2 is 1.77 bits per heavy atom. The van der Waals surface area contributed by atoms with Gasteiger partial charge in [0.05, 0.1) is 49.5 Å². The van der Waals surface area contributed by atoms with Crippen molar-refractivity contribution in [3.05, 3.63) is 95.2 Å². The SMILES string of the molecule is O=C1COc2c(CCNCCN(C(=O)CCOCCc3cccc(CN4CCC5(CC4)CN(C(=O)c4cccc6cccnc46)CCO5)c3)C3CCCCC3)ccc(O)c2N1. The standard InChI is InChI=1S/C48H60N6O7/c55-41-15-14-38(46-45(41)51-42(56)33-60-46)16-22-49-23-26-54(39-11-2-1-3-12-39)43(57)18-29-59-28-17-35-7-4-8-36(31-35)32-52-24-19-48(20-25-52)34-53(27-30-61-48)47(58)40-13-5-9-37-10-6-21-50-44(37)40/h4-10,13-15,21,31,39,49,55H,1-3,11-12,16-20,22-30,32-34H2,(H,51,56). The average molecular weight is 833 g/mol. The highest BCUT2D eigenvalue weighted by Crippen LogP contribution is 2.39. The molecular weight excluding hydrogens is 773 g/mol. The molecule has 13 heteroatoms. The Balaban J connectivity index is 0.751. The zero-order chi connectivity index (χ0) is 42.0. The minimum absolute atomic E-state index is 0.00544. The average Bonchev–Trinajstić information content (AvgIpc) is 3.29. The number of aromatic hydroxyl groups is 1. The number of pyridine rings is 1. The maximum Gasteiger partial charge on any atom is 0.262 e. The number of ether oxygens (including phenoxy) is 3. The second kappa shape index (κ2) is 20.2. The summed E-state index contributed by atoms with van der Waals surface area (Å²) in [4.78, 5) is 50.1. The van der Waals surface area contributed by atoms with Crippen LogP contribution in [0.25, 0.3) is 10.9 Å². The minimum atomic E-state index is -0.318. The van der Waals surface area contributed by atoms with Gasteiger partial charge in [-0.2, -0.15) is 0 Å². The number of para-hydroxylation sites is 1. The first-order valence-electron chi connectivity index (χ1n) is 22.3. The molecule has 3 amide bonds. The van der Waals surface area contributed by atoms with Crippen molar-refractivity contribution in [3.63, 3.8) is 0 Å².